The van der Waals surface area contributed by atoms with E-state index in [1.807, 2.05) is 56.3 Å². The Morgan fingerprint density at radius 2 is 1.77 bits per heavy atom. The molecule has 0 spiro atoms. The summed E-state index contributed by atoms with van der Waals surface area (Å²) in [6, 6.07) is 15.4. The lowest BCUT2D eigenvalue weighted by Gasteiger charge is -2.25. The van der Waals surface area contributed by atoms with Crippen molar-refractivity contribution >= 4 is 10.0 Å². The Labute approximate surface area is 132 Å². The molecule has 1 aliphatic rings. The van der Waals surface area contributed by atoms with E-state index in [0.29, 0.717) is 11.4 Å². The van der Waals surface area contributed by atoms with Crippen LogP contribution < -0.4 is 0 Å². The van der Waals surface area contributed by atoms with Gasteiger partial charge in [-0.25, -0.2) is 8.42 Å². The number of sulfonamides is 1. The third kappa shape index (κ3) is 2.69. The minimum atomic E-state index is -3.45. The summed E-state index contributed by atoms with van der Waals surface area (Å²) in [6.45, 7) is 4.44. The number of rotatable bonds is 3. The van der Waals surface area contributed by atoms with E-state index in [0.717, 1.165) is 29.5 Å². The molecule has 0 bridgehead atoms. The van der Waals surface area contributed by atoms with Crippen molar-refractivity contribution in [2.45, 2.75) is 37.6 Å². The molecule has 0 saturated carbocycles. The topological polar surface area (TPSA) is 37.4 Å². The van der Waals surface area contributed by atoms with Crippen LogP contribution in [0.2, 0.25) is 0 Å². The van der Waals surface area contributed by atoms with Crippen molar-refractivity contribution in [3.05, 3.63) is 65.2 Å². The van der Waals surface area contributed by atoms with Crippen molar-refractivity contribution in [3.63, 3.8) is 0 Å². The van der Waals surface area contributed by atoms with Gasteiger partial charge in [-0.15, -0.1) is 0 Å². The van der Waals surface area contributed by atoms with E-state index in [4.69, 9.17) is 0 Å². The van der Waals surface area contributed by atoms with Crippen LogP contribution in [0.5, 0.6) is 0 Å². The van der Waals surface area contributed by atoms with Gasteiger partial charge in [-0.1, -0.05) is 48.0 Å². The molecule has 116 valence electrons. The molecule has 2 aromatic carbocycles. The quantitative estimate of drug-likeness (QED) is 0.863. The molecule has 0 N–H and O–H groups in total. The monoisotopic (exact) mass is 315 g/mol. The van der Waals surface area contributed by atoms with Gasteiger partial charge in [0.05, 0.1) is 10.9 Å². The third-order valence-corrected chi connectivity index (χ3v) is 6.37. The molecule has 1 heterocycles. The summed E-state index contributed by atoms with van der Waals surface area (Å²) in [5.74, 6) is 0. The first-order chi connectivity index (χ1) is 10.5. The summed E-state index contributed by atoms with van der Waals surface area (Å²) in [4.78, 5) is 0.431. The summed E-state index contributed by atoms with van der Waals surface area (Å²) in [5, 5.41) is 0. The predicted molar refractivity (Wildman–Crippen MR) is 88.2 cm³/mol. The molecule has 1 unspecified atom stereocenters. The van der Waals surface area contributed by atoms with Crippen LogP contribution >= 0.6 is 0 Å². The Hall–Kier alpha value is -1.65. The van der Waals surface area contributed by atoms with Crippen LogP contribution in [0.3, 0.4) is 0 Å². The Balaban J connectivity index is 2.01. The van der Waals surface area contributed by atoms with Crippen molar-refractivity contribution in [1.29, 1.82) is 0 Å². The van der Waals surface area contributed by atoms with Gasteiger partial charge in [-0.3, -0.25) is 0 Å². The Morgan fingerprint density at radius 3 is 2.45 bits per heavy atom. The van der Waals surface area contributed by atoms with Crippen LogP contribution in [0, 0.1) is 13.8 Å². The van der Waals surface area contributed by atoms with E-state index in [2.05, 4.69) is 0 Å². The van der Waals surface area contributed by atoms with E-state index in [-0.39, 0.29) is 6.04 Å². The molecule has 4 heteroatoms. The molecule has 1 fully saturated rings. The van der Waals surface area contributed by atoms with Crippen LogP contribution in [0.1, 0.15) is 35.6 Å². The second kappa shape index (κ2) is 5.86. The number of hydrogen-bond donors (Lipinski definition) is 0. The summed E-state index contributed by atoms with van der Waals surface area (Å²) in [6.07, 6.45) is 1.79. The summed E-state index contributed by atoms with van der Waals surface area (Å²) in [7, 11) is -3.45. The average Bonchev–Trinajstić information content (AvgIpc) is 2.98. The van der Waals surface area contributed by atoms with Gasteiger partial charge in [-0.05, 0) is 43.9 Å². The van der Waals surface area contributed by atoms with Crippen molar-refractivity contribution in [3.8, 4) is 0 Å². The first kappa shape index (κ1) is 15.3. The molecule has 1 atom stereocenters. The van der Waals surface area contributed by atoms with E-state index in [1.54, 1.807) is 10.4 Å². The fraction of sp³-hybridized carbons (Fsp3) is 0.333. The molecule has 3 nitrogen and oxygen atoms in total. The van der Waals surface area contributed by atoms with Gasteiger partial charge < -0.3 is 0 Å². The summed E-state index contributed by atoms with van der Waals surface area (Å²) < 4.78 is 27.8. The van der Waals surface area contributed by atoms with Crippen molar-refractivity contribution in [1.82, 2.24) is 4.31 Å². The van der Waals surface area contributed by atoms with E-state index >= 15 is 0 Å². The predicted octanol–water partition coefficient (Wildman–Crippen LogP) is 3.83. The number of benzene rings is 2. The Morgan fingerprint density at radius 1 is 1.05 bits per heavy atom. The summed E-state index contributed by atoms with van der Waals surface area (Å²) in [5.41, 5.74) is 2.98. The fourth-order valence-electron chi connectivity index (χ4n) is 3.25. The number of hydrogen-bond acceptors (Lipinski definition) is 2. The molecule has 0 aliphatic carbocycles. The molecule has 0 radical (unpaired) electrons. The molecule has 0 aromatic heterocycles. The van der Waals surface area contributed by atoms with Crippen molar-refractivity contribution in [2.24, 2.45) is 0 Å². The smallest absolute Gasteiger partial charge is 0.207 e. The zero-order valence-corrected chi connectivity index (χ0v) is 13.8. The van der Waals surface area contributed by atoms with Gasteiger partial charge in [0.2, 0.25) is 10.0 Å². The largest absolute Gasteiger partial charge is 0.243 e. The van der Waals surface area contributed by atoms with Crippen LogP contribution in [0.25, 0.3) is 0 Å². The minimum Gasteiger partial charge on any atom is -0.207 e. The maximum Gasteiger partial charge on any atom is 0.243 e. The second-order valence-electron chi connectivity index (χ2n) is 5.95. The number of aryl methyl sites for hydroxylation is 2. The fourth-order valence-corrected chi connectivity index (χ4v) is 5.14. The van der Waals surface area contributed by atoms with Crippen LogP contribution in [-0.2, 0) is 10.0 Å². The second-order valence-corrected chi connectivity index (χ2v) is 7.81. The first-order valence-corrected chi connectivity index (χ1v) is 9.08. The maximum absolute atomic E-state index is 13.1. The zero-order chi connectivity index (χ0) is 15.7. The minimum absolute atomic E-state index is 0.0492. The molecular formula is C18H21NO2S. The van der Waals surface area contributed by atoms with Crippen molar-refractivity contribution < 1.29 is 8.42 Å². The highest BCUT2D eigenvalue weighted by Crippen LogP contribution is 2.37. The van der Waals surface area contributed by atoms with Gasteiger partial charge in [0.25, 0.3) is 0 Å². The van der Waals surface area contributed by atoms with E-state index in [9.17, 15) is 8.42 Å². The molecule has 1 saturated heterocycles. The van der Waals surface area contributed by atoms with Gasteiger partial charge in [0, 0.05) is 6.54 Å². The highest BCUT2D eigenvalue weighted by Gasteiger charge is 2.36. The van der Waals surface area contributed by atoms with Gasteiger partial charge in [-0.2, -0.15) is 4.31 Å². The van der Waals surface area contributed by atoms with Gasteiger partial charge >= 0.3 is 0 Å². The highest BCUT2D eigenvalue weighted by atomic mass is 32.2. The third-order valence-electron chi connectivity index (χ3n) is 4.31. The van der Waals surface area contributed by atoms with Crippen LogP contribution in [0.4, 0.5) is 0 Å². The Kier molecular flexibility index (Phi) is 4.06. The molecule has 2 aromatic rings. The van der Waals surface area contributed by atoms with E-state index < -0.39 is 10.0 Å². The molecular weight excluding hydrogens is 294 g/mol. The van der Waals surface area contributed by atoms with Crippen LogP contribution in [-0.4, -0.2) is 19.3 Å². The molecule has 22 heavy (non-hydrogen) atoms. The van der Waals surface area contributed by atoms with E-state index in [1.165, 1.54) is 0 Å². The Bertz CT molecular complexity index is 769. The number of nitrogens with zero attached hydrogens (tertiary/aromatic N) is 1. The standard InChI is InChI=1S/C18H21NO2S/c1-14-10-11-18(15(2)13-14)22(20,21)19-12-6-9-17(19)16-7-4-3-5-8-16/h3-5,7-8,10-11,13,17H,6,9,12H2,1-2H3. The average molecular weight is 315 g/mol. The zero-order valence-electron chi connectivity index (χ0n) is 13.0. The van der Waals surface area contributed by atoms with Gasteiger partial charge in [0.1, 0.15) is 0 Å². The lowest BCUT2D eigenvalue weighted by molar-refractivity contribution is 0.396. The molecule has 0 amide bonds. The van der Waals surface area contributed by atoms with Crippen LogP contribution in [0.15, 0.2) is 53.4 Å². The molecule has 3 rings (SSSR count). The lowest BCUT2D eigenvalue weighted by atomic mass is 10.1. The van der Waals surface area contributed by atoms with Gasteiger partial charge in [0.15, 0.2) is 0 Å². The lowest BCUT2D eigenvalue weighted by Crippen LogP contribution is -2.31. The normalized spacial score (nSPS) is 19.5. The molecule has 1 aliphatic heterocycles. The highest BCUT2D eigenvalue weighted by molar-refractivity contribution is 7.89. The maximum atomic E-state index is 13.1. The van der Waals surface area contributed by atoms with Crippen molar-refractivity contribution in [2.75, 3.05) is 6.54 Å². The summed E-state index contributed by atoms with van der Waals surface area (Å²) >= 11 is 0. The SMILES string of the molecule is Cc1ccc(S(=O)(=O)N2CCCC2c2ccccc2)c(C)c1. The first-order valence-electron chi connectivity index (χ1n) is 7.64.